The third-order valence-electron chi connectivity index (χ3n) is 11.5. The highest BCUT2D eigenvalue weighted by Gasteiger charge is 2.33. The van der Waals surface area contributed by atoms with E-state index in [1.807, 2.05) is 30.3 Å². The molecule has 4 amide bonds. The van der Waals surface area contributed by atoms with Crippen molar-refractivity contribution < 1.29 is 55.3 Å². The minimum atomic E-state index is -3.94. The highest BCUT2D eigenvalue weighted by atomic mass is 79.9. The first-order valence-corrected chi connectivity index (χ1v) is 30.3. The van der Waals surface area contributed by atoms with Crippen LogP contribution in [0.15, 0.2) is 202 Å². The molecule has 0 aromatic heterocycles. The lowest BCUT2D eigenvalue weighted by Crippen LogP contribution is -2.23. The Labute approximate surface area is 496 Å². The van der Waals surface area contributed by atoms with E-state index in [2.05, 4.69) is 68.5 Å². The summed E-state index contributed by atoms with van der Waals surface area (Å²) >= 11 is 18.8. The van der Waals surface area contributed by atoms with E-state index >= 15 is 0 Å². The van der Waals surface area contributed by atoms with Crippen LogP contribution in [0.3, 0.4) is 0 Å². The van der Waals surface area contributed by atoms with Crippen molar-refractivity contribution in [1.29, 1.82) is 0 Å². The predicted octanol–water partition coefficient (Wildman–Crippen LogP) is 12.9. The van der Waals surface area contributed by atoms with Gasteiger partial charge in [-0.2, -0.15) is 0 Å². The smallest absolute Gasteiger partial charge is 0.369 e. The number of ether oxygens (including phenoxy) is 3. The van der Waals surface area contributed by atoms with E-state index in [0.29, 0.717) is 23.0 Å². The highest BCUT2D eigenvalue weighted by Crippen LogP contribution is 2.36. The number of hydrogen-bond donors (Lipinski definition) is 5. The van der Waals surface area contributed by atoms with Crippen LogP contribution in [0, 0.1) is 0 Å². The van der Waals surface area contributed by atoms with Crippen LogP contribution in [0.4, 0.5) is 11.4 Å². The van der Waals surface area contributed by atoms with Gasteiger partial charge < -0.3 is 40.6 Å². The maximum absolute atomic E-state index is 13.1. The van der Waals surface area contributed by atoms with E-state index in [1.165, 1.54) is 72.8 Å². The summed E-state index contributed by atoms with van der Waals surface area (Å²) in [7, 11) is -6.29. The summed E-state index contributed by atoms with van der Waals surface area (Å²) in [5.74, 6) is 1.26. The van der Waals surface area contributed by atoms with Crippen molar-refractivity contribution in [2.24, 2.45) is 0 Å². The van der Waals surface area contributed by atoms with Crippen LogP contribution in [0.1, 0.15) is 52.6 Å². The summed E-state index contributed by atoms with van der Waals surface area (Å²) in [5.41, 5.74) is 2.21. The number of alkyl halides is 2. The normalized spacial score (nSPS) is 12.8. The van der Waals surface area contributed by atoms with Gasteiger partial charge in [-0.05, 0) is 145 Å². The average Bonchev–Trinajstić information content (AvgIpc) is 3.77. The number of nitrogens with one attached hydrogen (secondary N) is 4. The molecule has 10 rings (SSSR count). The first kappa shape index (κ1) is 60.5. The number of phenols is 1. The summed E-state index contributed by atoms with van der Waals surface area (Å²) in [5, 5.41) is 20.4. The van der Waals surface area contributed by atoms with Crippen LogP contribution >= 0.6 is 70.5 Å². The second-order valence-corrected chi connectivity index (χ2v) is 27.7. The van der Waals surface area contributed by atoms with E-state index in [0.717, 1.165) is 16.9 Å². The van der Waals surface area contributed by atoms with Crippen molar-refractivity contribution >= 4 is 128 Å². The molecule has 0 saturated heterocycles. The van der Waals surface area contributed by atoms with Crippen molar-refractivity contribution in [3.8, 4) is 34.5 Å². The van der Waals surface area contributed by atoms with Crippen molar-refractivity contribution in [3.05, 3.63) is 215 Å². The van der Waals surface area contributed by atoms with Gasteiger partial charge in [-0.25, -0.2) is 16.8 Å². The zero-order valence-electron chi connectivity index (χ0n) is 41.7. The molecule has 8 aromatic rings. The van der Waals surface area contributed by atoms with E-state index < -0.39 is 43.3 Å². The zero-order valence-corrected chi connectivity index (χ0v) is 49.6. The molecule has 24 heteroatoms. The molecule has 410 valence electrons. The van der Waals surface area contributed by atoms with Crippen molar-refractivity contribution in [2.75, 3.05) is 23.1 Å². The Kier molecular flexibility index (Phi) is 21.0. The van der Waals surface area contributed by atoms with Gasteiger partial charge in [-0.3, -0.25) is 19.2 Å². The summed E-state index contributed by atoms with van der Waals surface area (Å²) in [6.07, 6.45) is 0. The number of fused-ring (bicyclic) bond motifs is 4. The van der Waals surface area contributed by atoms with Gasteiger partial charge in [-0.1, -0.05) is 48.5 Å². The van der Waals surface area contributed by atoms with Crippen LogP contribution < -0.4 is 35.5 Å². The van der Waals surface area contributed by atoms with Crippen molar-refractivity contribution in [2.45, 2.75) is 32.7 Å². The second kappa shape index (κ2) is 27.8. The van der Waals surface area contributed by atoms with Gasteiger partial charge in [0.1, 0.15) is 34.5 Å². The number of carbonyl (C=O) groups is 4. The van der Waals surface area contributed by atoms with Gasteiger partial charge in [0.15, 0.2) is 0 Å². The lowest BCUT2D eigenvalue weighted by Gasteiger charge is -2.11. The molecule has 2 aliphatic heterocycles. The molecule has 0 saturated carbocycles. The van der Waals surface area contributed by atoms with Crippen LogP contribution in [0.25, 0.3) is 0 Å². The number of phenolic OH excluding ortho intramolecular Hbond substituents is 1. The molecule has 80 heavy (non-hydrogen) atoms. The first-order chi connectivity index (χ1) is 38.3. The Morgan fingerprint density at radius 1 is 0.512 bits per heavy atom. The molecule has 0 spiro atoms. The maximum atomic E-state index is 13.1. The SMILES string of the molecule is BrB(Br)Br.COc1ccc(Oc2cccc(CNC(=O)c3ccc4c(c3)NC(=O)c3ccccc3S4(=O)=O)c2)cc1.ClCCl.O=C(NCc1cccc(Oc2ccc(O)cc2)c1)c1ccc2c(c1)NC(=O)c1ccccc1S2(=O)=O. The summed E-state index contributed by atoms with van der Waals surface area (Å²) in [6.45, 7) is 0.407. The molecule has 0 unspecified atom stereocenters. The summed E-state index contributed by atoms with van der Waals surface area (Å²) < 4.78 is 69.6. The minimum Gasteiger partial charge on any atom is -0.508 e. The lowest BCUT2D eigenvalue weighted by molar-refractivity contribution is 0.0942. The van der Waals surface area contributed by atoms with Gasteiger partial charge in [0.05, 0.1) is 54.5 Å². The molecule has 0 bridgehead atoms. The van der Waals surface area contributed by atoms with Crippen LogP contribution in [-0.4, -0.2) is 61.2 Å². The van der Waals surface area contributed by atoms with Crippen LogP contribution in [-0.2, 0) is 32.8 Å². The third kappa shape index (κ3) is 15.6. The predicted molar refractivity (Wildman–Crippen MR) is 318 cm³/mol. The number of anilines is 2. The van der Waals surface area contributed by atoms with E-state index in [-0.39, 0.29) is 80.6 Å². The minimum absolute atomic E-state index is 0.0492. The Bertz CT molecular complexity index is 3810. The van der Waals surface area contributed by atoms with Gasteiger partial charge in [-0.15, -0.1) is 70.5 Å². The fourth-order valence-electron chi connectivity index (χ4n) is 7.84. The number of carbonyl (C=O) groups excluding carboxylic acids is 4. The second-order valence-electron chi connectivity index (χ2n) is 16.7. The molecule has 16 nitrogen and oxygen atoms in total. The Morgan fingerprint density at radius 2 is 0.887 bits per heavy atom. The molecule has 0 atom stereocenters. The van der Waals surface area contributed by atoms with Crippen molar-refractivity contribution in [3.63, 3.8) is 0 Å². The summed E-state index contributed by atoms with van der Waals surface area (Å²) in [6, 6.07) is 48.2. The fraction of sp³-hybridized carbons (Fsp3) is 0.0714. The van der Waals surface area contributed by atoms with E-state index in [9.17, 15) is 41.1 Å². The number of aromatic hydroxyl groups is 1. The van der Waals surface area contributed by atoms with Gasteiger partial charge in [0, 0.05) is 24.2 Å². The standard InChI is InChI=1S/C28H22N2O6S.C27H20N2O6S.CH2Cl2.BBr3/c1-35-20-10-12-21(13-11-20)36-22-6-4-5-18(15-22)17-29-27(31)19-9-14-26-24(16-19)30-28(32)23-7-2-3-8-25(23)37(26,33)34;30-19-9-11-20(12-10-19)35-21-5-3-4-17(14-21)16-28-26(31)18-8-13-25-23(15-18)29-27(32)22-6-1-2-7-24(22)36(25,33)34;2-1-3;2-1(3)4/h2-16H,17H2,1H3,(H,29,31)(H,30,32);1-15,30H,16H2,(H,28,31)(H,29,32);1H2;. The quantitative estimate of drug-likeness (QED) is 0.0601. The van der Waals surface area contributed by atoms with Gasteiger partial charge in [0.25, 0.3) is 23.6 Å². The molecular formula is C56H44BBr3Cl2N4O12S2. The molecule has 2 heterocycles. The number of halogens is 5. The Morgan fingerprint density at radius 3 is 1.29 bits per heavy atom. The number of rotatable bonds is 11. The maximum Gasteiger partial charge on any atom is 0.369 e. The Hall–Kier alpha value is -7.18. The molecule has 0 radical (unpaired) electrons. The van der Waals surface area contributed by atoms with Crippen molar-refractivity contribution in [1.82, 2.24) is 10.6 Å². The Balaban J connectivity index is 0.000000207. The third-order valence-corrected chi connectivity index (χ3v) is 15.2. The molecule has 0 aliphatic carbocycles. The molecular weight excluding hydrogens is 1310 g/mol. The van der Waals surface area contributed by atoms with Gasteiger partial charge >= 0.3 is 3.18 Å². The highest BCUT2D eigenvalue weighted by molar-refractivity contribution is 9.69. The number of sulfone groups is 2. The number of amides is 4. The van der Waals surface area contributed by atoms with Gasteiger partial charge in [0.2, 0.25) is 19.7 Å². The fourth-order valence-corrected chi connectivity index (χ4v) is 11.0. The largest absolute Gasteiger partial charge is 0.508 e. The number of methoxy groups -OCH3 is 1. The topological polar surface area (TPSA) is 233 Å². The molecule has 2 aliphatic rings. The summed E-state index contributed by atoms with van der Waals surface area (Å²) in [4.78, 5) is 50.7. The number of benzene rings is 8. The zero-order chi connectivity index (χ0) is 57.6. The molecule has 0 fully saturated rings. The van der Waals surface area contributed by atoms with E-state index in [4.69, 9.17) is 37.4 Å². The monoisotopic (exact) mass is 1350 g/mol. The van der Waals surface area contributed by atoms with Crippen LogP contribution in [0.5, 0.6) is 34.5 Å². The number of hydrogen-bond acceptors (Lipinski definition) is 12. The molecule has 8 aromatic carbocycles. The van der Waals surface area contributed by atoms with Crippen LogP contribution in [0.2, 0.25) is 0 Å². The average molecular weight is 1350 g/mol. The van der Waals surface area contributed by atoms with E-state index in [1.54, 1.807) is 86.0 Å². The first-order valence-electron chi connectivity index (χ1n) is 23.5. The lowest BCUT2D eigenvalue weighted by atomic mass is 10.1. The molecule has 5 N–H and O–H groups in total.